The van der Waals surface area contributed by atoms with Gasteiger partial charge in [-0.15, -0.1) is 23.1 Å². The molecule has 11 heteroatoms. The van der Waals surface area contributed by atoms with Gasteiger partial charge in [-0.3, -0.25) is 0 Å². The molecule has 8 nitrogen and oxygen atoms in total. The summed E-state index contributed by atoms with van der Waals surface area (Å²) in [5.74, 6) is 0.307. The van der Waals surface area contributed by atoms with Gasteiger partial charge in [0, 0.05) is 47.3 Å². The van der Waals surface area contributed by atoms with Gasteiger partial charge in [0.2, 0.25) is 5.88 Å². The second-order valence-electron chi connectivity index (χ2n) is 8.12. The maximum atomic E-state index is 14.7. The fourth-order valence-corrected chi connectivity index (χ4v) is 5.64. The number of benzene rings is 2. The van der Waals surface area contributed by atoms with E-state index in [2.05, 4.69) is 19.9 Å². The largest absolute Gasteiger partial charge is 0.473 e. The first-order chi connectivity index (χ1) is 16.7. The lowest BCUT2D eigenvalue weighted by Crippen LogP contribution is -2.38. The van der Waals surface area contributed by atoms with Crippen LogP contribution in [-0.4, -0.2) is 51.4 Å². The first-order valence-electron chi connectivity index (χ1n) is 11.0. The van der Waals surface area contributed by atoms with Gasteiger partial charge < -0.3 is 25.0 Å². The van der Waals surface area contributed by atoms with Crippen LogP contribution in [0, 0.1) is 5.82 Å². The molecule has 0 bridgehead atoms. The van der Waals surface area contributed by atoms with Gasteiger partial charge in [-0.25, -0.2) is 14.4 Å². The highest BCUT2D eigenvalue weighted by atomic mass is 32.2. The number of anilines is 1. The number of piperidine rings is 1. The van der Waals surface area contributed by atoms with Gasteiger partial charge in [-0.1, -0.05) is 18.2 Å². The molecule has 0 spiro atoms. The van der Waals surface area contributed by atoms with Gasteiger partial charge >= 0.3 is 0 Å². The number of ether oxygens (including phenoxy) is 1. The van der Waals surface area contributed by atoms with Gasteiger partial charge in [0.15, 0.2) is 5.58 Å². The summed E-state index contributed by atoms with van der Waals surface area (Å²) in [4.78, 5) is 16.5. The summed E-state index contributed by atoms with van der Waals surface area (Å²) < 4.78 is 27.8. The fourth-order valence-electron chi connectivity index (χ4n) is 4.26. The summed E-state index contributed by atoms with van der Waals surface area (Å²) in [6, 6.07) is 13.7. The lowest BCUT2D eigenvalue weighted by molar-refractivity contribution is 0.165. The molecule has 2 aromatic carbocycles. The van der Waals surface area contributed by atoms with Crippen molar-refractivity contribution in [1.82, 2.24) is 15.0 Å². The zero-order valence-electron chi connectivity index (χ0n) is 19.4. The van der Waals surface area contributed by atoms with Crippen molar-refractivity contribution in [3.8, 4) is 17.0 Å². The molecule has 4 heterocycles. The summed E-state index contributed by atoms with van der Waals surface area (Å²) >= 11 is 3.00. The van der Waals surface area contributed by atoms with Gasteiger partial charge in [-0.05, 0) is 30.5 Å². The fraction of sp³-hybridized carbons (Fsp3) is 0.240. The Bertz CT molecular complexity index is 1450. The predicted octanol–water partition coefficient (Wildman–Crippen LogP) is 4.76. The van der Waals surface area contributed by atoms with E-state index < -0.39 is 0 Å². The number of aromatic nitrogens is 3. The maximum Gasteiger partial charge on any atom is 0.298 e. The maximum absolute atomic E-state index is 14.7. The van der Waals surface area contributed by atoms with Crippen molar-refractivity contribution in [3.63, 3.8) is 0 Å². The zero-order chi connectivity index (χ0) is 23.1. The van der Waals surface area contributed by atoms with Crippen molar-refractivity contribution >= 4 is 50.4 Å². The zero-order valence-corrected chi connectivity index (χ0v) is 21.0. The van der Waals surface area contributed by atoms with Crippen LogP contribution in [0.25, 0.3) is 32.4 Å². The first kappa shape index (κ1) is 25.8. The van der Waals surface area contributed by atoms with Crippen LogP contribution in [0.5, 0.6) is 5.88 Å². The molecule has 0 radical (unpaired) electrons. The van der Waals surface area contributed by atoms with Crippen LogP contribution in [0.2, 0.25) is 0 Å². The third-order valence-electron chi connectivity index (χ3n) is 6.06. The van der Waals surface area contributed by atoms with Gasteiger partial charge in [0.25, 0.3) is 6.01 Å². The van der Waals surface area contributed by atoms with Crippen molar-refractivity contribution in [3.05, 3.63) is 60.0 Å². The molecule has 1 saturated heterocycles. The number of thiophene rings is 1. The number of rotatable bonds is 5. The molecule has 0 amide bonds. The van der Waals surface area contributed by atoms with E-state index in [1.165, 1.54) is 29.4 Å². The van der Waals surface area contributed by atoms with Gasteiger partial charge in [0.05, 0.1) is 5.52 Å². The second kappa shape index (κ2) is 10.8. The molecular formula is C25H25FN4O4S2. The van der Waals surface area contributed by atoms with Crippen LogP contribution in [0.3, 0.4) is 0 Å². The van der Waals surface area contributed by atoms with E-state index in [0.717, 1.165) is 57.7 Å². The molecular weight excluding hydrogens is 503 g/mol. The van der Waals surface area contributed by atoms with Crippen LogP contribution >= 0.6 is 23.1 Å². The van der Waals surface area contributed by atoms with E-state index in [1.54, 1.807) is 6.07 Å². The smallest absolute Gasteiger partial charge is 0.298 e. The van der Waals surface area contributed by atoms with Crippen LogP contribution in [0.4, 0.5) is 10.4 Å². The number of hydrogen-bond acceptors (Lipinski definition) is 8. The number of halogens is 1. The molecule has 0 saturated carbocycles. The Morgan fingerprint density at radius 1 is 1.08 bits per heavy atom. The van der Waals surface area contributed by atoms with E-state index >= 15 is 0 Å². The van der Waals surface area contributed by atoms with Crippen molar-refractivity contribution in [2.45, 2.75) is 23.8 Å². The lowest BCUT2D eigenvalue weighted by Gasteiger charge is -2.30. The highest BCUT2D eigenvalue weighted by molar-refractivity contribution is 7.98. The third-order valence-corrected chi connectivity index (χ3v) is 7.74. The van der Waals surface area contributed by atoms with Crippen molar-refractivity contribution in [2.24, 2.45) is 0 Å². The molecule has 0 aliphatic carbocycles. The Labute approximate surface area is 214 Å². The van der Waals surface area contributed by atoms with E-state index in [-0.39, 0.29) is 22.9 Å². The van der Waals surface area contributed by atoms with E-state index in [9.17, 15) is 4.39 Å². The minimum absolute atomic E-state index is 0. The Balaban J connectivity index is 0.00000152. The molecule has 4 N–H and O–H groups in total. The lowest BCUT2D eigenvalue weighted by atomic mass is 10.1. The van der Waals surface area contributed by atoms with Crippen molar-refractivity contribution in [1.29, 1.82) is 0 Å². The van der Waals surface area contributed by atoms with Crippen molar-refractivity contribution in [2.75, 3.05) is 24.2 Å². The Hall–Kier alpha value is -3.25. The van der Waals surface area contributed by atoms with Crippen LogP contribution in [0.15, 0.2) is 63.5 Å². The molecule has 1 aliphatic rings. The number of nitrogens with zero attached hydrogens (tertiary/aromatic N) is 4. The topological polar surface area (TPSA) is 127 Å². The Morgan fingerprint density at radius 3 is 2.64 bits per heavy atom. The molecule has 0 unspecified atom stereocenters. The summed E-state index contributed by atoms with van der Waals surface area (Å²) in [6.07, 6.45) is 5.11. The third kappa shape index (κ3) is 4.74. The van der Waals surface area contributed by atoms with Gasteiger partial charge in [-0.2, -0.15) is 4.98 Å². The highest BCUT2D eigenvalue weighted by Crippen LogP contribution is 2.39. The minimum Gasteiger partial charge on any atom is -0.473 e. The number of oxazole rings is 1. The average Bonchev–Trinajstić information content (AvgIpc) is 3.49. The van der Waals surface area contributed by atoms with E-state index in [0.29, 0.717) is 17.5 Å². The summed E-state index contributed by atoms with van der Waals surface area (Å²) in [5.41, 5.74) is 3.69. The predicted molar refractivity (Wildman–Crippen MR) is 142 cm³/mol. The Morgan fingerprint density at radius 2 is 1.89 bits per heavy atom. The van der Waals surface area contributed by atoms with Crippen LogP contribution < -0.4 is 9.64 Å². The molecule has 0 atom stereocenters. The molecule has 6 rings (SSSR count). The Kier molecular flexibility index (Phi) is 7.74. The first-order valence-corrected chi connectivity index (χ1v) is 13.1. The van der Waals surface area contributed by atoms with E-state index in [1.807, 2.05) is 48.0 Å². The number of hydrogen-bond donors (Lipinski definition) is 0. The SMILES string of the molecule is CSc1ccc(-c2csc3c(OC4CCN(c5nc6ccccc6o5)CC4)ncnc23)c(F)c1.O.O. The number of thioether (sulfide) groups is 1. The van der Waals surface area contributed by atoms with Crippen molar-refractivity contribution < 1.29 is 24.5 Å². The van der Waals surface area contributed by atoms with Crippen LogP contribution in [-0.2, 0) is 0 Å². The molecule has 3 aromatic heterocycles. The number of fused-ring (bicyclic) bond motifs is 2. The number of para-hydroxylation sites is 2. The summed E-state index contributed by atoms with van der Waals surface area (Å²) in [6.45, 7) is 1.57. The van der Waals surface area contributed by atoms with Gasteiger partial charge in [0.1, 0.15) is 28.5 Å². The van der Waals surface area contributed by atoms with Crippen LogP contribution in [0.1, 0.15) is 12.8 Å². The molecule has 1 fully saturated rings. The molecule has 36 heavy (non-hydrogen) atoms. The summed E-state index contributed by atoms with van der Waals surface area (Å²) in [7, 11) is 0. The average molecular weight is 529 g/mol. The minimum atomic E-state index is -0.251. The quantitative estimate of drug-likeness (QED) is 0.301. The molecule has 1 aliphatic heterocycles. The standard InChI is InChI=1S/C25H21FN4O2S2.2H2O/c1-33-16-6-7-17(19(26)12-16)18-13-34-23-22(18)27-14-28-24(23)31-15-8-10-30(11-9-15)25-29-20-4-2-3-5-21(20)32-25;;/h2-7,12-15H,8-11H2,1H3;2*1H2. The molecule has 5 aromatic rings. The normalized spacial score (nSPS) is 14.0. The monoisotopic (exact) mass is 528 g/mol. The molecule has 188 valence electrons. The highest BCUT2D eigenvalue weighted by Gasteiger charge is 2.25. The second-order valence-corrected chi connectivity index (χ2v) is 9.88. The summed E-state index contributed by atoms with van der Waals surface area (Å²) in [5, 5.41) is 1.93. The van der Waals surface area contributed by atoms with E-state index in [4.69, 9.17) is 9.15 Å².